The number of hydrogen-bond donors (Lipinski definition) is 0. The van der Waals surface area contributed by atoms with E-state index in [1.807, 2.05) is 6.07 Å². The van der Waals surface area contributed by atoms with Crippen molar-refractivity contribution in [3.05, 3.63) is 23.8 Å². The molecule has 1 aromatic heterocycles. The Hall–Kier alpha value is -1.13. The second kappa shape index (κ2) is 2.48. The lowest BCUT2D eigenvalue weighted by Gasteiger charge is -2.03. The summed E-state index contributed by atoms with van der Waals surface area (Å²) in [5.41, 5.74) is -1.02. The van der Waals surface area contributed by atoms with Crippen LogP contribution in [0, 0.1) is 13.0 Å². The molecule has 1 rings (SSSR count). The second-order valence-corrected chi connectivity index (χ2v) is 1.91. The molecule has 11 heavy (non-hydrogen) atoms. The molecule has 0 unspecified atom stereocenters. The average Bonchev–Trinajstić information content (AvgIpc) is 1.86. The van der Waals surface area contributed by atoms with E-state index in [4.69, 9.17) is 0 Å². The summed E-state index contributed by atoms with van der Waals surface area (Å²) in [5, 5.41) is 0. The predicted molar refractivity (Wildman–Crippen MR) is 30.6 cm³/mol. The van der Waals surface area contributed by atoms with Crippen molar-refractivity contribution < 1.29 is 13.2 Å². The number of alkyl halides is 3. The lowest BCUT2D eigenvalue weighted by atomic mass is 10.4. The van der Waals surface area contributed by atoms with Crippen LogP contribution in [0.25, 0.3) is 0 Å². The molecule has 0 aromatic carbocycles. The second-order valence-electron chi connectivity index (χ2n) is 1.91. The van der Waals surface area contributed by atoms with Crippen LogP contribution >= 0.6 is 0 Å². The minimum absolute atomic E-state index is 0.0936. The van der Waals surface area contributed by atoms with E-state index in [-0.39, 0.29) is 5.82 Å². The summed E-state index contributed by atoms with van der Waals surface area (Å²) in [5.74, 6) is 0.0936. The van der Waals surface area contributed by atoms with Gasteiger partial charge in [-0.2, -0.15) is 13.2 Å². The molecule has 1 radical (unpaired) electrons. The predicted octanol–water partition coefficient (Wildman–Crippen LogP) is 1.60. The third-order valence-electron chi connectivity index (χ3n) is 0.995. The molecule has 1 heterocycles. The molecule has 0 bridgehead atoms. The number of rotatable bonds is 0. The molecule has 0 spiro atoms. The Bertz CT molecular complexity index is 256. The van der Waals surface area contributed by atoms with Gasteiger partial charge in [0.15, 0.2) is 5.69 Å². The van der Waals surface area contributed by atoms with E-state index in [1.165, 1.54) is 6.92 Å². The van der Waals surface area contributed by atoms with Gasteiger partial charge in [0.05, 0.1) is 0 Å². The largest absolute Gasteiger partial charge is 0.434 e. The molecule has 5 heteroatoms. The summed E-state index contributed by atoms with van der Waals surface area (Å²) in [6, 6.07) is 1.90. The Morgan fingerprint density at radius 1 is 1.45 bits per heavy atom. The third kappa shape index (κ3) is 1.89. The van der Waals surface area contributed by atoms with Crippen LogP contribution in [0.5, 0.6) is 0 Å². The van der Waals surface area contributed by atoms with E-state index in [9.17, 15) is 13.2 Å². The van der Waals surface area contributed by atoms with Crippen molar-refractivity contribution in [2.45, 2.75) is 13.1 Å². The van der Waals surface area contributed by atoms with Gasteiger partial charge < -0.3 is 0 Å². The first-order chi connectivity index (χ1) is 5.00. The summed E-state index contributed by atoms with van der Waals surface area (Å²) >= 11 is 0. The maximum Gasteiger partial charge on any atom is 0.434 e. The van der Waals surface area contributed by atoms with Crippen LogP contribution in [-0.2, 0) is 6.18 Å². The van der Waals surface area contributed by atoms with Crippen molar-refractivity contribution in [2.75, 3.05) is 0 Å². The zero-order valence-corrected chi connectivity index (χ0v) is 5.61. The highest BCUT2D eigenvalue weighted by atomic mass is 19.4. The molecular formula is C6H4F3N2. The number of hydrogen-bond acceptors (Lipinski definition) is 2. The molecule has 0 aliphatic carbocycles. The van der Waals surface area contributed by atoms with E-state index in [0.717, 1.165) is 6.20 Å². The van der Waals surface area contributed by atoms with Gasteiger partial charge in [0.2, 0.25) is 0 Å². The zero-order chi connectivity index (χ0) is 8.48. The highest BCUT2D eigenvalue weighted by Gasteiger charge is 2.32. The lowest BCUT2D eigenvalue weighted by Crippen LogP contribution is -2.09. The zero-order valence-electron chi connectivity index (χ0n) is 5.61. The number of aromatic nitrogens is 2. The molecule has 0 aliphatic heterocycles. The fourth-order valence-electron chi connectivity index (χ4n) is 0.555. The standard InChI is InChI=1S/C6H4F3N2/c1-4-10-3-2-5(11-4)6(7,8)9/h3H,1H3. The van der Waals surface area contributed by atoms with Crippen LogP contribution in [0.4, 0.5) is 13.2 Å². The van der Waals surface area contributed by atoms with Crippen molar-refractivity contribution in [1.29, 1.82) is 0 Å². The topological polar surface area (TPSA) is 25.8 Å². The normalized spacial score (nSPS) is 11.6. The van der Waals surface area contributed by atoms with E-state index in [1.54, 1.807) is 0 Å². The fourth-order valence-corrected chi connectivity index (χ4v) is 0.555. The minimum Gasteiger partial charge on any atom is -0.241 e. The highest BCUT2D eigenvalue weighted by molar-refractivity contribution is 5.03. The van der Waals surface area contributed by atoms with Gasteiger partial charge >= 0.3 is 6.18 Å². The van der Waals surface area contributed by atoms with Gasteiger partial charge in [0, 0.05) is 12.3 Å². The van der Waals surface area contributed by atoms with Gasteiger partial charge in [-0.3, -0.25) is 0 Å². The van der Waals surface area contributed by atoms with Crippen LogP contribution in [0.3, 0.4) is 0 Å². The van der Waals surface area contributed by atoms with E-state index < -0.39 is 11.9 Å². The molecule has 59 valence electrons. The van der Waals surface area contributed by atoms with E-state index in [0.29, 0.717) is 0 Å². The number of nitrogens with zero attached hydrogens (tertiary/aromatic N) is 2. The van der Waals surface area contributed by atoms with E-state index >= 15 is 0 Å². The maximum atomic E-state index is 11.8. The van der Waals surface area contributed by atoms with E-state index in [2.05, 4.69) is 9.97 Å². The van der Waals surface area contributed by atoms with Crippen LogP contribution in [0.1, 0.15) is 11.5 Å². The molecule has 2 nitrogen and oxygen atoms in total. The van der Waals surface area contributed by atoms with Crippen molar-refractivity contribution in [1.82, 2.24) is 9.97 Å². The molecular weight excluding hydrogens is 157 g/mol. The first kappa shape index (κ1) is 7.97. The first-order valence-corrected chi connectivity index (χ1v) is 2.78. The molecule has 0 fully saturated rings. The lowest BCUT2D eigenvalue weighted by molar-refractivity contribution is -0.141. The molecule has 0 aliphatic rings. The Morgan fingerprint density at radius 2 is 2.09 bits per heavy atom. The van der Waals surface area contributed by atoms with Crippen LogP contribution in [0.2, 0.25) is 0 Å². The highest BCUT2D eigenvalue weighted by Crippen LogP contribution is 2.26. The van der Waals surface area contributed by atoms with Crippen molar-refractivity contribution in [2.24, 2.45) is 0 Å². The number of aryl methyl sites for hydroxylation is 1. The summed E-state index contributed by atoms with van der Waals surface area (Å²) in [6.45, 7) is 1.39. The third-order valence-corrected chi connectivity index (χ3v) is 0.995. The summed E-state index contributed by atoms with van der Waals surface area (Å²) in [6.07, 6.45) is -3.46. The van der Waals surface area contributed by atoms with Gasteiger partial charge in [-0.1, -0.05) is 0 Å². The molecule has 0 atom stereocenters. The summed E-state index contributed by atoms with van der Waals surface area (Å²) in [7, 11) is 0. The van der Waals surface area contributed by atoms with Crippen molar-refractivity contribution in [3.63, 3.8) is 0 Å². The molecule has 0 saturated carbocycles. The van der Waals surface area contributed by atoms with Crippen LogP contribution in [0.15, 0.2) is 6.20 Å². The quantitative estimate of drug-likeness (QED) is 0.577. The van der Waals surface area contributed by atoms with Gasteiger partial charge in [0.1, 0.15) is 5.82 Å². The SMILES string of the molecule is Cc1nc[c]c(C(F)(F)F)n1. The average molecular weight is 161 g/mol. The monoisotopic (exact) mass is 161 g/mol. The Balaban J connectivity index is 3.06. The van der Waals surface area contributed by atoms with Crippen molar-refractivity contribution >= 4 is 0 Å². The Labute approximate surface area is 61.1 Å². The van der Waals surface area contributed by atoms with Crippen LogP contribution < -0.4 is 0 Å². The maximum absolute atomic E-state index is 11.8. The number of halogens is 3. The Morgan fingerprint density at radius 3 is 2.45 bits per heavy atom. The molecule has 0 amide bonds. The van der Waals surface area contributed by atoms with Crippen LogP contribution in [-0.4, -0.2) is 9.97 Å². The van der Waals surface area contributed by atoms with Crippen molar-refractivity contribution in [3.8, 4) is 0 Å². The first-order valence-electron chi connectivity index (χ1n) is 2.78. The summed E-state index contributed by atoms with van der Waals surface area (Å²) in [4.78, 5) is 6.64. The fraction of sp³-hybridized carbons (Fsp3) is 0.333. The Kier molecular flexibility index (Phi) is 1.80. The molecule has 0 saturated heterocycles. The van der Waals surface area contributed by atoms with Gasteiger partial charge in [-0.05, 0) is 6.92 Å². The van der Waals surface area contributed by atoms with Gasteiger partial charge in [-0.15, -0.1) is 0 Å². The summed E-state index contributed by atoms with van der Waals surface area (Å²) < 4.78 is 35.5. The smallest absolute Gasteiger partial charge is 0.241 e. The van der Waals surface area contributed by atoms with Gasteiger partial charge in [-0.25, -0.2) is 9.97 Å². The molecule has 0 N–H and O–H groups in total. The minimum atomic E-state index is -4.42. The van der Waals surface area contributed by atoms with Gasteiger partial charge in [0.25, 0.3) is 0 Å². The molecule has 1 aromatic rings.